The van der Waals surface area contributed by atoms with E-state index in [-0.39, 0.29) is 17.9 Å². The van der Waals surface area contributed by atoms with Gasteiger partial charge in [-0.1, -0.05) is 0 Å². The van der Waals surface area contributed by atoms with E-state index in [9.17, 15) is 13.9 Å². The van der Waals surface area contributed by atoms with Gasteiger partial charge < -0.3 is 5.11 Å². The molecule has 0 saturated heterocycles. The summed E-state index contributed by atoms with van der Waals surface area (Å²) in [5.74, 6) is -1.13. The summed E-state index contributed by atoms with van der Waals surface area (Å²) in [5, 5.41) is 9.35. The third-order valence-electron chi connectivity index (χ3n) is 1.65. The molecule has 1 atom stereocenters. The average Bonchev–Trinajstić information content (AvgIpc) is 2.03. The van der Waals surface area contributed by atoms with Gasteiger partial charge in [0.05, 0.1) is 6.10 Å². The molecule has 0 saturated carbocycles. The molecule has 72 valence electrons. The summed E-state index contributed by atoms with van der Waals surface area (Å²) in [6, 6.07) is 2.96. The van der Waals surface area contributed by atoms with Crippen LogP contribution in [0, 0.1) is 11.6 Å². The Hall–Kier alpha value is -0.670. The summed E-state index contributed by atoms with van der Waals surface area (Å²) < 4.78 is 25.3. The quantitative estimate of drug-likeness (QED) is 0.754. The van der Waals surface area contributed by atoms with Crippen molar-refractivity contribution in [1.82, 2.24) is 0 Å². The molecule has 0 unspecified atom stereocenters. The number of halogens is 3. The fraction of sp³-hybridized carbons (Fsp3) is 0.333. The van der Waals surface area contributed by atoms with Crippen molar-refractivity contribution in [2.45, 2.75) is 12.5 Å². The molecule has 1 nitrogen and oxygen atoms in total. The van der Waals surface area contributed by atoms with Crippen molar-refractivity contribution in [3.05, 3.63) is 35.4 Å². The minimum Gasteiger partial charge on any atom is -0.388 e. The lowest BCUT2D eigenvalue weighted by atomic mass is 10.1. The highest BCUT2D eigenvalue weighted by Crippen LogP contribution is 2.19. The molecule has 1 aromatic carbocycles. The molecule has 1 N–H and O–H groups in total. The van der Waals surface area contributed by atoms with Gasteiger partial charge in [0.1, 0.15) is 11.6 Å². The first-order valence-electron chi connectivity index (χ1n) is 3.83. The Balaban J connectivity index is 2.87. The Morgan fingerprint density at radius 1 is 1.23 bits per heavy atom. The van der Waals surface area contributed by atoms with Gasteiger partial charge in [-0.15, -0.1) is 11.6 Å². The van der Waals surface area contributed by atoms with Crippen LogP contribution < -0.4 is 0 Å². The lowest BCUT2D eigenvalue weighted by Crippen LogP contribution is -1.99. The van der Waals surface area contributed by atoms with Crippen LogP contribution in [0.3, 0.4) is 0 Å². The van der Waals surface area contributed by atoms with E-state index in [1.54, 1.807) is 0 Å². The Morgan fingerprint density at radius 2 is 1.77 bits per heavy atom. The summed E-state index contributed by atoms with van der Waals surface area (Å²) in [4.78, 5) is 0. The molecule has 0 radical (unpaired) electrons. The first-order valence-corrected chi connectivity index (χ1v) is 4.37. The van der Waals surface area contributed by atoms with E-state index >= 15 is 0 Å². The number of hydrogen-bond acceptors (Lipinski definition) is 1. The Kier molecular flexibility index (Phi) is 3.63. The molecule has 13 heavy (non-hydrogen) atoms. The Bertz CT molecular complexity index is 271. The van der Waals surface area contributed by atoms with Crippen LogP contribution >= 0.6 is 11.6 Å². The third kappa shape index (κ3) is 2.94. The fourth-order valence-electron chi connectivity index (χ4n) is 1.04. The summed E-state index contributed by atoms with van der Waals surface area (Å²) in [6.07, 6.45) is -0.618. The maximum atomic E-state index is 12.6. The van der Waals surface area contributed by atoms with E-state index in [1.165, 1.54) is 0 Å². The topological polar surface area (TPSA) is 20.2 Å². The molecular formula is C9H9ClF2O. The molecule has 0 aliphatic heterocycles. The average molecular weight is 207 g/mol. The van der Waals surface area contributed by atoms with E-state index < -0.39 is 17.7 Å². The second-order valence-electron chi connectivity index (χ2n) is 2.70. The van der Waals surface area contributed by atoms with Gasteiger partial charge in [-0.3, -0.25) is 0 Å². The van der Waals surface area contributed by atoms with Crippen LogP contribution in [0.1, 0.15) is 18.1 Å². The summed E-state index contributed by atoms with van der Waals surface area (Å²) in [5.41, 5.74) is 0.221. The maximum absolute atomic E-state index is 12.6. The minimum atomic E-state index is -0.900. The van der Waals surface area contributed by atoms with E-state index in [1.807, 2.05) is 0 Å². The van der Waals surface area contributed by atoms with Crippen molar-refractivity contribution >= 4 is 11.6 Å². The fourth-order valence-corrected chi connectivity index (χ4v) is 1.24. The van der Waals surface area contributed by atoms with Gasteiger partial charge in [0, 0.05) is 11.9 Å². The molecule has 4 heteroatoms. The van der Waals surface area contributed by atoms with Gasteiger partial charge in [-0.2, -0.15) is 0 Å². The highest BCUT2D eigenvalue weighted by molar-refractivity contribution is 6.17. The summed E-state index contributed by atoms with van der Waals surface area (Å²) in [6.45, 7) is 0. The third-order valence-corrected chi connectivity index (χ3v) is 1.87. The minimum absolute atomic E-state index is 0.221. The van der Waals surface area contributed by atoms with Crippen molar-refractivity contribution in [3.8, 4) is 0 Å². The number of alkyl halides is 1. The maximum Gasteiger partial charge on any atom is 0.126 e. The van der Waals surface area contributed by atoms with Crippen LogP contribution in [-0.4, -0.2) is 11.0 Å². The van der Waals surface area contributed by atoms with Crippen LogP contribution in [0.2, 0.25) is 0 Å². The normalized spacial score (nSPS) is 12.9. The molecule has 0 spiro atoms. The second-order valence-corrected chi connectivity index (χ2v) is 3.07. The standard InChI is InChI=1S/C9H9ClF2O/c10-2-1-9(13)6-3-7(11)5-8(12)4-6/h3-5,9,13H,1-2H2/t9-/m1/s1. The van der Waals surface area contributed by atoms with Gasteiger partial charge in [0.2, 0.25) is 0 Å². The van der Waals surface area contributed by atoms with Crippen LogP contribution in [-0.2, 0) is 0 Å². The Morgan fingerprint density at radius 3 is 2.23 bits per heavy atom. The van der Waals surface area contributed by atoms with Gasteiger partial charge in [-0.25, -0.2) is 8.78 Å². The number of benzene rings is 1. The van der Waals surface area contributed by atoms with Crippen molar-refractivity contribution in [2.24, 2.45) is 0 Å². The van der Waals surface area contributed by atoms with Crippen LogP contribution in [0.25, 0.3) is 0 Å². The second kappa shape index (κ2) is 4.53. The first-order chi connectivity index (χ1) is 6.13. The molecule has 0 aliphatic rings. The van der Waals surface area contributed by atoms with E-state index in [4.69, 9.17) is 11.6 Å². The first kappa shape index (κ1) is 10.4. The highest BCUT2D eigenvalue weighted by Gasteiger charge is 2.09. The van der Waals surface area contributed by atoms with Crippen molar-refractivity contribution in [1.29, 1.82) is 0 Å². The molecule has 0 bridgehead atoms. The van der Waals surface area contributed by atoms with Crippen LogP contribution in [0.5, 0.6) is 0 Å². The van der Waals surface area contributed by atoms with Gasteiger partial charge >= 0.3 is 0 Å². The Labute approximate surface area is 80.0 Å². The van der Waals surface area contributed by atoms with Crippen molar-refractivity contribution < 1.29 is 13.9 Å². The van der Waals surface area contributed by atoms with E-state index in [0.717, 1.165) is 18.2 Å². The smallest absolute Gasteiger partial charge is 0.126 e. The number of aliphatic hydroxyl groups is 1. The van der Waals surface area contributed by atoms with Crippen LogP contribution in [0.15, 0.2) is 18.2 Å². The van der Waals surface area contributed by atoms with E-state index in [0.29, 0.717) is 0 Å². The lowest BCUT2D eigenvalue weighted by Gasteiger charge is -2.08. The largest absolute Gasteiger partial charge is 0.388 e. The highest BCUT2D eigenvalue weighted by atomic mass is 35.5. The number of rotatable bonds is 3. The summed E-state index contributed by atoms with van der Waals surface area (Å²) >= 11 is 5.38. The zero-order valence-corrected chi connectivity index (χ0v) is 7.56. The SMILES string of the molecule is O[C@H](CCCl)c1cc(F)cc(F)c1. The zero-order valence-electron chi connectivity index (χ0n) is 6.80. The molecule has 0 fully saturated rings. The molecule has 0 aliphatic carbocycles. The van der Waals surface area contributed by atoms with Gasteiger partial charge in [0.15, 0.2) is 0 Å². The van der Waals surface area contributed by atoms with Crippen molar-refractivity contribution in [2.75, 3.05) is 5.88 Å². The molecule has 0 heterocycles. The molecule has 0 amide bonds. The van der Waals surface area contributed by atoms with Gasteiger partial charge in [0.25, 0.3) is 0 Å². The lowest BCUT2D eigenvalue weighted by molar-refractivity contribution is 0.173. The number of aliphatic hydroxyl groups excluding tert-OH is 1. The molecule has 1 rings (SSSR count). The zero-order chi connectivity index (χ0) is 9.84. The van der Waals surface area contributed by atoms with E-state index in [2.05, 4.69) is 0 Å². The predicted octanol–water partition coefficient (Wildman–Crippen LogP) is 2.63. The monoisotopic (exact) mass is 206 g/mol. The van der Waals surface area contributed by atoms with Crippen LogP contribution in [0.4, 0.5) is 8.78 Å². The number of hydrogen-bond donors (Lipinski definition) is 1. The van der Waals surface area contributed by atoms with Crippen molar-refractivity contribution in [3.63, 3.8) is 0 Å². The van der Waals surface area contributed by atoms with Gasteiger partial charge in [-0.05, 0) is 24.1 Å². The predicted molar refractivity (Wildman–Crippen MR) is 46.7 cm³/mol. The summed E-state index contributed by atoms with van der Waals surface area (Å²) in [7, 11) is 0. The molecule has 1 aromatic rings. The molecular weight excluding hydrogens is 198 g/mol. The molecule has 0 aromatic heterocycles.